The molecule has 0 radical (unpaired) electrons. The maximum Gasteiger partial charge on any atom is 0.407 e. The fourth-order valence-corrected chi connectivity index (χ4v) is 5.44. The number of nitrogens with one attached hydrogen (secondary N) is 2. The van der Waals surface area contributed by atoms with E-state index in [2.05, 4.69) is 10.6 Å². The molecule has 10 heteroatoms. The first-order chi connectivity index (χ1) is 21.3. The number of nitro benzene ring substituents is 1. The SMILES string of the molecule is COC(=O)C(Cc1ccc([N+](=O)[O-])cc1)NC(=O)C(Cc1ccccc1)NC(=O)OCC1c2ccccc2-c2ccccc21. The van der Waals surface area contributed by atoms with E-state index < -0.39 is 35.0 Å². The molecule has 1 aliphatic rings. The Hall–Kier alpha value is -5.51. The van der Waals surface area contributed by atoms with Gasteiger partial charge in [-0.2, -0.15) is 0 Å². The Morgan fingerprint density at radius 3 is 1.89 bits per heavy atom. The van der Waals surface area contributed by atoms with E-state index in [1.165, 1.54) is 31.4 Å². The van der Waals surface area contributed by atoms with Gasteiger partial charge in [0.25, 0.3) is 5.69 Å². The number of amides is 2. The fraction of sp³-hybridized carbons (Fsp3) is 0.206. The van der Waals surface area contributed by atoms with Crippen molar-refractivity contribution in [3.8, 4) is 11.1 Å². The number of nitro groups is 1. The zero-order chi connectivity index (χ0) is 31.1. The van der Waals surface area contributed by atoms with Crippen LogP contribution in [0, 0.1) is 10.1 Å². The molecule has 2 N–H and O–H groups in total. The first kappa shape index (κ1) is 30.0. The fourth-order valence-electron chi connectivity index (χ4n) is 5.44. The second-order valence-electron chi connectivity index (χ2n) is 10.4. The zero-order valence-electron chi connectivity index (χ0n) is 24.0. The van der Waals surface area contributed by atoms with Crippen LogP contribution in [0.1, 0.15) is 28.2 Å². The van der Waals surface area contributed by atoms with Crippen molar-refractivity contribution in [1.29, 1.82) is 0 Å². The number of nitrogens with zero attached hydrogens (tertiary/aromatic N) is 1. The minimum atomic E-state index is -1.10. The normalized spacial score (nSPS) is 13.1. The van der Waals surface area contributed by atoms with Crippen LogP contribution in [0.15, 0.2) is 103 Å². The molecular formula is C34H31N3O7. The topological polar surface area (TPSA) is 137 Å². The van der Waals surface area contributed by atoms with Crippen LogP contribution < -0.4 is 10.6 Å². The maximum absolute atomic E-state index is 13.6. The second kappa shape index (κ2) is 13.6. The average Bonchev–Trinajstić information content (AvgIpc) is 3.37. The number of ether oxygens (including phenoxy) is 2. The molecule has 44 heavy (non-hydrogen) atoms. The third kappa shape index (κ3) is 6.92. The molecule has 224 valence electrons. The first-order valence-corrected chi connectivity index (χ1v) is 14.1. The Morgan fingerprint density at radius 2 is 1.30 bits per heavy atom. The van der Waals surface area contributed by atoms with E-state index in [0.29, 0.717) is 5.56 Å². The third-order valence-electron chi connectivity index (χ3n) is 7.62. The van der Waals surface area contributed by atoms with Crippen molar-refractivity contribution >= 4 is 23.7 Å². The zero-order valence-corrected chi connectivity index (χ0v) is 24.0. The lowest BCUT2D eigenvalue weighted by Crippen LogP contribution is -2.53. The number of carbonyl (C=O) groups excluding carboxylic acids is 3. The lowest BCUT2D eigenvalue weighted by Gasteiger charge is -2.23. The van der Waals surface area contributed by atoms with Crippen molar-refractivity contribution in [1.82, 2.24) is 10.6 Å². The molecule has 0 aromatic heterocycles. The van der Waals surface area contributed by atoms with E-state index in [4.69, 9.17) is 9.47 Å². The van der Waals surface area contributed by atoms with Crippen LogP contribution in [-0.2, 0) is 31.9 Å². The minimum Gasteiger partial charge on any atom is -0.467 e. The van der Waals surface area contributed by atoms with Crippen LogP contribution in [-0.4, -0.2) is 48.7 Å². The molecule has 1 aliphatic carbocycles. The number of carbonyl (C=O) groups is 3. The van der Waals surface area contributed by atoms with E-state index in [9.17, 15) is 24.5 Å². The summed E-state index contributed by atoms with van der Waals surface area (Å²) < 4.78 is 10.6. The molecular weight excluding hydrogens is 562 g/mol. The summed E-state index contributed by atoms with van der Waals surface area (Å²) >= 11 is 0. The summed E-state index contributed by atoms with van der Waals surface area (Å²) in [5.74, 6) is -1.46. The number of hydrogen-bond donors (Lipinski definition) is 2. The van der Waals surface area contributed by atoms with Gasteiger partial charge in [0, 0.05) is 30.9 Å². The van der Waals surface area contributed by atoms with E-state index in [1.807, 2.05) is 78.9 Å². The molecule has 0 saturated carbocycles. The molecule has 2 atom stereocenters. The van der Waals surface area contributed by atoms with Gasteiger partial charge in [-0.25, -0.2) is 9.59 Å². The highest BCUT2D eigenvalue weighted by molar-refractivity contribution is 5.90. The number of non-ortho nitro benzene ring substituents is 1. The number of alkyl carbamates (subject to hydrolysis) is 1. The predicted octanol–water partition coefficient (Wildman–Crippen LogP) is 4.95. The van der Waals surface area contributed by atoms with Crippen LogP contribution >= 0.6 is 0 Å². The Labute approximate surface area is 254 Å². The number of hydrogen-bond acceptors (Lipinski definition) is 7. The molecule has 0 heterocycles. The molecule has 0 saturated heterocycles. The molecule has 4 aromatic carbocycles. The second-order valence-corrected chi connectivity index (χ2v) is 10.4. The van der Waals surface area contributed by atoms with Gasteiger partial charge >= 0.3 is 12.1 Å². The molecule has 0 aliphatic heterocycles. The minimum absolute atomic E-state index is 0.0272. The Balaban J connectivity index is 1.29. The van der Waals surface area contributed by atoms with Crippen molar-refractivity contribution in [2.24, 2.45) is 0 Å². The van der Waals surface area contributed by atoms with Gasteiger partial charge < -0.3 is 20.1 Å². The van der Waals surface area contributed by atoms with Gasteiger partial charge in [0.1, 0.15) is 18.7 Å². The Kier molecular flexibility index (Phi) is 9.29. The van der Waals surface area contributed by atoms with Crippen LogP contribution in [0.25, 0.3) is 11.1 Å². The van der Waals surface area contributed by atoms with Gasteiger partial charge in [0.2, 0.25) is 5.91 Å². The van der Waals surface area contributed by atoms with Crippen LogP contribution in [0.4, 0.5) is 10.5 Å². The van der Waals surface area contributed by atoms with Crippen LogP contribution in [0.3, 0.4) is 0 Å². The lowest BCUT2D eigenvalue weighted by atomic mass is 9.98. The van der Waals surface area contributed by atoms with Crippen LogP contribution in [0.2, 0.25) is 0 Å². The first-order valence-electron chi connectivity index (χ1n) is 14.1. The third-order valence-corrected chi connectivity index (χ3v) is 7.62. The highest BCUT2D eigenvalue weighted by atomic mass is 16.6. The Morgan fingerprint density at radius 1 is 0.750 bits per heavy atom. The van der Waals surface area contributed by atoms with Crippen molar-refractivity contribution < 1.29 is 28.8 Å². The molecule has 0 fully saturated rings. The lowest BCUT2D eigenvalue weighted by molar-refractivity contribution is -0.384. The molecule has 4 aromatic rings. The maximum atomic E-state index is 13.6. The summed E-state index contributed by atoms with van der Waals surface area (Å²) in [6, 6.07) is 28.6. The van der Waals surface area contributed by atoms with Crippen LogP contribution in [0.5, 0.6) is 0 Å². The standard InChI is InChI=1S/C34H31N3O7/c1-43-33(39)31(20-23-15-17-24(18-16-23)37(41)42)35-32(38)30(19-22-9-3-2-4-10-22)36-34(40)44-21-29-27-13-7-5-11-25(27)26-12-6-8-14-28(26)29/h2-18,29-31H,19-21H2,1H3,(H,35,38)(H,36,40). The van der Waals surface area contributed by atoms with Gasteiger partial charge in [0.05, 0.1) is 12.0 Å². The van der Waals surface area contributed by atoms with Gasteiger partial charge in [-0.15, -0.1) is 0 Å². The van der Waals surface area contributed by atoms with Crippen molar-refractivity contribution in [3.63, 3.8) is 0 Å². The van der Waals surface area contributed by atoms with E-state index in [-0.39, 0.29) is 31.1 Å². The number of fused-ring (bicyclic) bond motifs is 3. The monoisotopic (exact) mass is 593 g/mol. The van der Waals surface area contributed by atoms with E-state index >= 15 is 0 Å². The van der Waals surface area contributed by atoms with E-state index in [1.54, 1.807) is 0 Å². The summed E-state index contributed by atoms with van der Waals surface area (Å²) in [5, 5.41) is 16.4. The van der Waals surface area contributed by atoms with Crippen molar-refractivity contribution in [3.05, 3.63) is 135 Å². The average molecular weight is 594 g/mol. The number of rotatable bonds is 11. The highest BCUT2D eigenvalue weighted by Gasteiger charge is 2.31. The number of esters is 1. The number of benzene rings is 4. The van der Waals surface area contributed by atoms with Gasteiger partial charge in [-0.3, -0.25) is 14.9 Å². The molecule has 0 spiro atoms. The van der Waals surface area contributed by atoms with Crippen molar-refractivity contribution in [2.75, 3.05) is 13.7 Å². The highest BCUT2D eigenvalue weighted by Crippen LogP contribution is 2.44. The van der Waals surface area contributed by atoms with E-state index in [0.717, 1.165) is 27.8 Å². The van der Waals surface area contributed by atoms with Gasteiger partial charge in [-0.05, 0) is 33.4 Å². The summed E-state index contributed by atoms with van der Waals surface area (Å²) in [4.78, 5) is 49.8. The largest absolute Gasteiger partial charge is 0.467 e. The quantitative estimate of drug-likeness (QED) is 0.143. The molecule has 5 rings (SSSR count). The molecule has 2 unspecified atom stereocenters. The Bertz CT molecular complexity index is 1610. The smallest absolute Gasteiger partial charge is 0.407 e. The summed E-state index contributed by atoms with van der Waals surface area (Å²) in [6.45, 7) is 0.0739. The van der Waals surface area contributed by atoms with Crippen molar-refractivity contribution in [2.45, 2.75) is 30.8 Å². The predicted molar refractivity (Wildman–Crippen MR) is 163 cm³/mol. The van der Waals surface area contributed by atoms with Gasteiger partial charge in [-0.1, -0.05) is 91.0 Å². The molecule has 10 nitrogen and oxygen atoms in total. The van der Waals surface area contributed by atoms with Gasteiger partial charge in [0.15, 0.2) is 0 Å². The summed E-state index contributed by atoms with van der Waals surface area (Å²) in [7, 11) is 1.20. The molecule has 2 amide bonds. The number of methoxy groups -OCH3 is 1. The summed E-state index contributed by atoms with van der Waals surface area (Å²) in [6.07, 6.45) is -0.602. The summed E-state index contributed by atoms with van der Waals surface area (Å²) in [5.41, 5.74) is 5.59. The molecule has 0 bridgehead atoms.